The number of rotatable bonds is 10. The Kier molecular flexibility index (Phi) is 9.90. The van der Waals surface area contributed by atoms with E-state index in [9.17, 15) is 9.59 Å². The molecule has 2 aliphatic rings. The monoisotopic (exact) mass is 567 g/mol. The van der Waals surface area contributed by atoms with Crippen LogP contribution >= 0.6 is 0 Å². The summed E-state index contributed by atoms with van der Waals surface area (Å²) in [6.45, 7) is 11.6. The molecule has 222 valence electrons. The number of carbonyl (C=O) groups excluding carboxylic acids is 2. The van der Waals surface area contributed by atoms with Crippen LogP contribution < -0.4 is 10.2 Å². The van der Waals surface area contributed by atoms with Gasteiger partial charge >= 0.3 is 0 Å². The second-order valence-electron chi connectivity index (χ2n) is 12.0. The van der Waals surface area contributed by atoms with Gasteiger partial charge in [0.15, 0.2) is 0 Å². The van der Waals surface area contributed by atoms with Crippen molar-refractivity contribution in [3.8, 4) is 0 Å². The molecule has 0 aliphatic carbocycles. The highest BCUT2D eigenvalue weighted by atomic mass is 16.2. The van der Waals surface area contributed by atoms with Gasteiger partial charge in [-0.15, -0.1) is 0 Å². The number of hydrogen-bond acceptors (Lipinski definition) is 5. The van der Waals surface area contributed by atoms with E-state index >= 15 is 0 Å². The fourth-order valence-electron chi connectivity index (χ4n) is 6.36. The third-order valence-electron chi connectivity index (χ3n) is 9.10. The Bertz CT molecular complexity index is 1350. The summed E-state index contributed by atoms with van der Waals surface area (Å²) in [6.07, 6.45) is 9.11. The van der Waals surface area contributed by atoms with Crippen molar-refractivity contribution in [2.45, 2.75) is 71.5 Å². The minimum atomic E-state index is -0.0669. The van der Waals surface area contributed by atoms with Crippen LogP contribution in [0.2, 0.25) is 0 Å². The Balaban J connectivity index is 1.11. The molecule has 7 heteroatoms. The normalized spacial score (nSPS) is 16.8. The summed E-state index contributed by atoms with van der Waals surface area (Å²) in [4.78, 5) is 37.1. The van der Waals surface area contributed by atoms with E-state index in [1.165, 1.54) is 16.8 Å². The van der Waals surface area contributed by atoms with Crippen LogP contribution in [0.3, 0.4) is 0 Å². The maximum Gasteiger partial charge on any atom is 0.253 e. The molecule has 0 spiro atoms. The number of pyridine rings is 1. The van der Waals surface area contributed by atoms with Crippen LogP contribution in [0.15, 0.2) is 67.0 Å². The van der Waals surface area contributed by atoms with Crippen LogP contribution in [-0.4, -0.2) is 71.4 Å². The number of nitrogens with zero attached hydrogens (tertiary/aromatic N) is 4. The Hall–Kier alpha value is -3.71. The van der Waals surface area contributed by atoms with Gasteiger partial charge in [0.25, 0.3) is 11.8 Å². The lowest BCUT2D eigenvalue weighted by atomic mass is 9.99. The van der Waals surface area contributed by atoms with E-state index in [1.807, 2.05) is 30.3 Å². The van der Waals surface area contributed by atoms with E-state index in [0.29, 0.717) is 29.8 Å². The first-order chi connectivity index (χ1) is 20.4. The summed E-state index contributed by atoms with van der Waals surface area (Å²) in [5.74, 6) is 0.00186. The van der Waals surface area contributed by atoms with Crippen molar-refractivity contribution in [3.05, 3.63) is 94.8 Å². The third kappa shape index (κ3) is 7.19. The van der Waals surface area contributed by atoms with E-state index in [4.69, 9.17) is 0 Å². The molecule has 1 unspecified atom stereocenters. The summed E-state index contributed by atoms with van der Waals surface area (Å²) < 4.78 is 0. The molecule has 3 aromatic rings. The predicted molar refractivity (Wildman–Crippen MR) is 169 cm³/mol. The first-order valence-electron chi connectivity index (χ1n) is 15.5. The number of piperidine rings is 1. The van der Waals surface area contributed by atoms with E-state index in [1.54, 1.807) is 12.1 Å². The molecular formula is C35H45N5O2. The maximum absolute atomic E-state index is 13.0. The van der Waals surface area contributed by atoms with Crippen LogP contribution in [0.4, 0.5) is 5.69 Å². The number of para-hydroxylation sites is 1. The van der Waals surface area contributed by atoms with Gasteiger partial charge in [-0.3, -0.25) is 14.6 Å². The number of likely N-dealkylation sites (tertiary alicyclic amines) is 2. The van der Waals surface area contributed by atoms with Crippen molar-refractivity contribution in [3.63, 3.8) is 0 Å². The molecule has 1 N–H and O–H groups in total. The second kappa shape index (κ2) is 14.0. The van der Waals surface area contributed by atoms with Gasteiger partial charge in [-0.1, -0.05) is 18.2 Å². The first kappa shape index (κ1) is 29.8. The van der Waals surface area contributed by atoms with Crippen LogP contribution in [0.25, 0.3) is 0 Å². The van der Waals surface area contributed by atoms with Crippen molar-refractivity contribution in [2.75, 3.05) is 37.6 Å². The predicted octanol–water partition coefficient (Wildman–Crippen LogP) is 5.61. The SMILES string of the molecule is Cc1ccncc1CN(c1ccccc1)C1CCN(C(C)CCNC(=O)c2ccc(C(=O)N3CCCC3)cc2C)CC1. The quantitative estimate of drug-likeness (QED) is 0.345. The number of aryl methyl sites for hydroxylation is 2. The lowest BCUT2D eigenvalue weighted by molar-refractivity contribution is 0.0791. The summed E-state index contributed by atoms with van der Waals surface area (Å²) in [7, 11) is 0. The number of benzene rings is 2. The first-order valence-corrected chi connectivity index (χ1v) is 15.5. The van der Waals surface area contributed by atoms with Gasteiger partial charge in [0.2, 0.25) is 0 Å². The number of nitrogens with one attached hydrogen (secondary N) is 1. The smallest absolute Gasteiger partial charge is 0.253 e. The maximum atomic E-state index is 13.0. The second-order valence-corrected chi connectivity index (χ2v) is 12.0. The molecule has 1 atom stereocenters. The molecule has 0 radical (unpaired) electrons. The summed E-state index contributed by atoms with van der Waals surface area (Å²) in [5, 5.41) is 3.12. The van der Waals surface area contributed by atoms with Crippen LogP contribution in [0, 0.1) is 13.8 Å². The number of aromatic nitrogens is 1. The van der Waals surface area contributed by atoms with E-state index in [2.05, 4.69) is 70.3 Å². The number of amides is 2. The molecule has 2 aliphatic heterocycles. The lowest BCUT2D eigenvalue weighted by Gasteiger charge is -2.42. The summed E-state index contributed by atoms with van der Waals surface area (Å²) >= 11 is 0. The van der Waals surface area contributed by atoms with Gasteiger partial charge in [0, 0.05) is 80.6 Å². The topological polar surface area (TPSA) is 68.8 Å². The van der Waals surface area contributed by atoms with E-state index < -0.39 is 0 Å². The van der Waals surface area contributed by atoms with Gasteiger partial charge in [-0.25, -0.2) is 0 Å². The summed E-state index contributed by atoms with van der Waals surface area (Å²) in [6, 6.07) is 19.1. The zero-order valence-corrected chi connectivity index (χ0v) is 25.4. The fourth-order valence-corrected chi connectivity index (χ4v) is 6.36. The fraction of sp³-hybridized carbons (Fsp3) is 0.457. The molecule has 0 bridgehead atoms. The molecule has 3 heterocycles. The molecule has 7 nitrogen and oxygen atoms in total. The van der Waals surface area contributed by atoms with Crippen molar-refractivity contribution in [1.82, 2.24) is 20.1 Å². The van der Waals surface area contributed by atoms with Gasteiger partial charge < -0.3 is 20.0 Å². The molecule has 0 saturated carbocycles. The average Bonchev–Trinajstić information content (AvgIpc) is 3.56. The van der Waals surface area contributed by atoms with Crippen molar-refractivity contribution in [2.24, 2.45) is 0 Å². The minimum Gasteiger partial charge on any atom is -0.364 e. The highest BCUT2D eigenvalue weighted by molar-refractivity contribution is 5.99. The standard InChI is InChI=1S/C35H45N5O2/c1-26-13-17-36-24-30(26)25-40(31-9-5-4-6-10-31)32-15-21-38(22-16-32)28(3)14-18-37-34(41)33-12-11-29(23-27(33)2)35(42)39-19-7-8-20-39/h4-6,9-13,17,23-24,28,32H,7-8,14-16,18-22,25H2,1-3H3,(H,37,41). The molecule has 2 amide bonds. The van der Waals surface area contributed by atoms with Gasteiger partial charge in [0.05, 0.1) is 0 Å². The third-order valence-corrected chi connectivity index (χ3v) is 9.10. The lowest BCUT2D eigenvalue weighted by Crippen LogP contribution is -2.48. The number of carbonyl (C=O) groups is 2. The van der Waals surface area contributed by atoms with Crippen molar-refractivity contribution < 1.29 is 9.59 Å². The number of anilines is 1. The zero-order valence-electron chi connectivity index (χ0n) is 25.4. The molecule has 5 rings (SSSR count). The minimum absolute atomic E-state index is 0.0669. The molecule has 42 heavy (non-hydrogen) atoms. The van der Waals surface area contributed by atoms with Crippen LogP contribution in [0.5, 0.6) is 0 Å². The highest BCUT2D eigenvalue weighted by Crippen LogP contribution is 2.27. The zero-order chi connectivity index (χ0) is 29.5. The largest absolute Gasteiger partial charge is 0.364 e. The van der Waals surface area contributed by atoms with Gasteiger partial charge in [0.1, 0.15) is 0 Å². The van der Waals surface area contributed by atoms with E-state index in [-0.39, 0.29) is 11.8 Å². The van der Waals surface area contributed by atoms with Gasteiger partial charge in [-0.05, 0) is 106 Å². The Labute approximate surface area is 250 Å². The number of hydrogen-bond donors (Lipinski definition) is 1. The molecule has 2 fully saturated rings. The molecule has 1 aromatic heterocycles. The van der Waals surface area contributed by atoms with Crippen molar-refractivity contribution >= 4 is 17.5 Å². The van der Waals surface area contributed by atoms with Crippen LogP contribution in [0.1, 0.15) is 76.4 Å². The van der Waals surface area contributed by atoms with E-state index in [0.717, 1.165) is 70.4 Å². The molecule has 2 saturated heterocycles. The Morgan fingerprint density at radius 3 is 2.40 bits per heavy atom. The van der Waals surface area contributed by atoms with Crippen LogP contribution in [-0.2, 0) is 6.54 Å². The average molecular weight is 568 g/mol. The Morgan fingerprint density at radius 1 is 0.976 bits per heavy atom. The summed E-state index contributed by atoms with van der Waals surface area (Å²) in [5.41, 5.74) is 5.98. The van der Waals surface area contributed by atoms with Gasteiger partial charge in [-0.2, -0.15) is 0 Å². The highest BCUT2D eigenvalue weighted by Gasteiger charge is 2.28. The van der Waals surface area contributed by atoms with Crippen molar-refractivity contribution in [1.29, 1.82) is 0 Å². The molecular weight excluding hydrogens is 522 g/mol. The Morgan fingerprint density at radius 2 is 1.71 bits per heavy atom. The molecule has 2 aromatic carbocycles.